The van der Waals surface area contributed by atoms with Crippen LogP contribution in [0.5, 0.6) is 5.75 Å². The Morgan fingerprint density at radius 2 is 1.88 bits per heavy atom. The number of hydrogen-bond acceptors (Lipinski definition) is 2. The molecular weight excluding hydrogens is 214 g/mol. The normalized spacial score (nSPS) is 12.9. The Balaban J connectivity index is 3.04. The lowest BCUT2D eigenvalue weighted by molar-refractivity contribution is 0.184. The second-order valence-electron chi connectivity index (χ2n) is 4.19. The first kappa shape index (κ1) is 12.9. The van der Waals surface area contributed by atoms with Gasteiger partial charge in [-0.1, -0.05) is 13.8 Å². The Labute approximate surface area is 93.9 Å². The smallest absolute Gasteiger partial charge is 0.168 e. The van der Waals surface area contributed by atoms with Crippen LogP contribution in [0.25, 0.3) is 0 Å². The molecular formula is C12H16F2O2. The molecule has 16 heavy (non-hydrogen) atoms. The fourth-order valence-corrected chi connectivity index (χ4v) is 1.29. The summed E-state index contributed by atoms with van der Waals surface area (Å²) < 4.78 is 31.7. The molecule has 0 radical (unpaired) electrons. The van der Waals surface area contributed by atoms with Crippen molar-refractivity contribution in [1.82, 2.24) is 0 Å². The summed E-state index contributed by atoms with van der Waals surface area (Å²) >= 11 is 0. The zero-order valence-electron chi connectivity index (χ0n) is 9.63. The van der Waals surface area contributed by atoms with Crippen LogP contribution in [0.4, 0.5) is 8.78 Å². The molecule has 1 rings (SSSR count). The third-order valence-corrected chi connectivity index (χ3v) is 2.05. The van der Waals surface area contributed by atoms with Crippen molar-refractivity contribution in [3.8, 4) is 5.75 Å². The third kappa shape index (κ3) is 3.17. The molecule has 0 fully saturated rings. The van der Waals surface area contributed by atoms with E-state index in [0.29, 0.717) is 6.61 Å². The van der Waals surface area contributed by atoms with Crippen molar-refractivity contribution in [2.45, 2.75) is 26.9 Å². The number of aliphatic hydroxyl groups excluding tert-OH is 1. The van der Waals surface area contributed by atoms with Crippen LogP contribution < -0.4 is 4.74 Å². The summed E-state index contributed by atoms with van der Waals surface area (Å²) in [4.78, 5) is 0. The highest BCUT2D eigenvalue weighted by atomic mass is 19.1. The van der Waals surface area contributed by atoms with Crippen LogP contribution >= 0.6 is 0 Å². The lowest BCUT2D eigenvalue weighted by Crippen LogP contribution is -2.09. The van der Waals surface area contributed by atoms with Gasteiger partial charge in [-0.25, -0.2) is 8.78 Å². The molecule has 0 aliphatic carbocycles. The largest absolute Gasteiger partial charge is 0.490 e. The number of benzene rings is 1. The quantitative estimate of drug-likeness (QED) is 0.861. The molecule has 2 nitrogen and oxygen atoms in total. The fraction of sp³-hybridized carbons (Fsp3) is 0.500. The highest BCUT2D eigenvalue weighted by molar-refractivity contribution is 5.37. The molecule has 1 aromatic carbocycles. The highest BCUT2D eigenvalue weighted by Gasteiger charge is 2.16. The van der Waals surface area contributed by atoms with Crippen LogP contribution in [0.1, 0.15) is 32.4 Å². The van der Waals surface area contributed by atoms with Gasteiger partial charge < -0.3 is 9.84 Å². The molecule has 0 saturated heterocycles. The molecule has 4 heteroatoms. The molecule has 90 valence electrons. The van der Waals surface area contributed by atoms with E-state index < -0.39 is 17.7 Å². The Hall–Kier alpha value is -1.16. The van der Waals surface area contributed by atoms with Gasteiger partial charge in [0.05, 0.1) is 12.7 Å². The standard InChI is InChI=1S/C12H16F2O2/c1-7(2)6-16-12-10(8(3)15)4-9(13)5-11(12)14/h4-5,7-8,15H,6H2,1-3H3. The average molecular weight is 230 g/mol. The summed E-state index contributed by atoms with van der Waals surface area (Å²) in [5.74, 6) is -1.33. The minimum atomic E-state index is -0.965. The zero-order chi connectivity index (χ0) is 12.3. The van der Waals surface area contributed by atoms with E-state index in [2.05, 4.69) is 0 Å². The molecule has 0 aliphatic rings. The van der Waals surface area contributed by atoms with Crippen molar-refractivity contribution in [2.75, 3.05) is 6.61 Å². The van der Waals surface area contributed by atoms with Gasteiger partial charge in [-0.2, -0.15) is 0 Å². The fourth-order valence-electron chi connectivity index (χ4n) is 1.29. The first-order valence-corrected chi connectivity index (χ1v) is 5.21. The van der Waals surface area contributed by atoms with Crippen LogP contribution in [-0.4, -0.2) is 11.7 Å². The van der Waals surface area contributed by atoms with E-state index in [9.17, 15) is 13.9 Å². The Bertz CT molecular complexity index is 362. The van der Waals surface area contributed by atoms with Gasteiger partial charge in [-0.05, 0) is 18.9 Å². The van der Waals surface area contributed by atoms with E-state index in [-0.39, 0.29) is 17.2 Å². The van der Waals surface area contributed by atoms with Gasteiger partial charge in [0.15, 0.2) is 11.6 Å². The van der Waals surface area contributed by atoms with Crippen molar-refractivity contribution in [1.29, 1.82) is 0 Å². The van der Waals surface area contributed by atoms with Gasteiger partial charge >= 0.3 is 0 Å². The van der Waals surface area contributed by atoms with E-state index in [1.54, 1.807) is 0 Å². The predicted octanol–water partition coefficient (Wildman–Crippen LogP) is 3.05. The van der Waals surface area contributed by atoms with Gasteiger partial charge in [-0.3, -0.25) is 0 Å². The molecule has 1 aromatic rings. The van der Waals surface area contributed by atoms with E-state index in [4.69, 9.17) is 4.74 Å². The summed E-state index contributed by atoms with van der Waals surface area (Å²) in [5.41, 5.74) is 0.137. The molecule has 0 heterocycles. The maximum atomic E-state index is 13.4. The predicted molar refractivity (Wildman–Crippen MR) is 57.3 cm³/mol. The minimum absolute atomic E-state index is 0.0647. The Morgan fingerprint density at radius 3 is 2.38 bits per heavy atom. The Kier molecular flexibility index (Phi) is 4.24. The summed E-state index contributed by atoms with van der Waals surface area (Å²) in [6, 6.07) is 1.84. The van der Waals surface area contributed by atoms with Crippen LogP contribution in [0.2, 0.25) is 0 Å². The van der Waals surface area contributed by atoms with Gasteiger partial charge in [-0.15, -0.1) is 0 Å². The lowest BCUT2D eigenvalue weighted by atomic mass is 10.1. The molecule has 0 spiro atoms. The molecule has 0 saturated carbocycles. The van der Waals surface area contributed by atoms with Crippen LogP contribution in [-0.2, 0) is 0 Å². The number of rotatable bonds is 4. The second kappa shape index (κ2) is 5.25. The summed E-state index contributed by atoms with van der Waals surface area (Å²) in [6.45, 7) is 5.60. The average Bonchev–Trinajstić information content (AvgIpc) is 2.14. The third-order valence-electron chi connectivity index (χ3n) is 2.05. The molecule has 0 amide bonds. The second-order valence-corrected chi connectivity index (χ2v) is 4.19. The first-order valence-electron chi connectivity index (χ1n) is 5.21. The number of ether oxygens (including phenoxy) is 1. The number of aliphatic hydroxyl groups is 1. The van der Waals surface area contributed by atoms with Crippen LogP contribution in [0.3, 0.4) is 0 Å². The monoisotopic (exact) mass is 230 g/mol. The summed E-state index contributed by atoms with van der Waals surface area (Å²) in [7, 11) is 0. The van der Waals surface area contributed by atoms with Crippen LogP contribution in [0.15, 0.2) is 12.1 Å². The lowest BCUT2D eigenvalue weighted by Gasteiger charge is -2.15. The number of halogens is 2. The Morgan fingerprint density at radius 1 is 1.25 bits per heavy atom. The van der Waals surface area contributed by atoms with Gasteiger partial charge in [0, 0.05) is 11.6 Å². The van der Waals surface area contributed by atoms with Crippen LogP contribution in [0, 0.1) is 17.6 Å². The summed E-state index contributed by atoms with van der Waals surface area (Å²) in [6.07, 6.45) is -0.965. The van der Waals surface area contributed by atoms with Crippen molar-refractivity contribution in [3.05, 3.63) is 29.3 Å². The maximum absolute atomic E-state index is 13.4. The van der Waals surface area contributed by atoms with Crippen molar-refractivity contribution >= 4 is 0 Å². The summed E-state index contributed by atoms with van der Waals surface area (Å²) in [5, 5.41) is 9.41. The first-order chi connectivity index (χ1) is 7.41. The van der Waals surface area contributed by atoms with E-state index in [1.807, 2.05) is 13.8 Å². The molecule has 1 unspecified atom stereocenters. The highest BCUT2D eigenvalue weighted by Crippen LogP contribution is 2.29. The van der Waals surface area contributed by atoms with Crippen molar-refractivity contribution in [3.63, 3.8) is 0 Å². The SMILES string of the molecule is CC(C)COc1c(F)cc(F)cc1C(C)O. The van der Waals surface area contributed by atoms with Crippen molar-refractivity contribution in [2.24, 2.45) is 5.92 Å². The topological polar surface area (TPSA) is 29.5 Å². The van der Waals surface area contributed by atoms with E-state index in [0.717, 1.165) is 12.1 Å². The molecule has 1 atom stereocenters. The van der Waals surface area contributed by atoms with E-state index in [1.165, 1.54) is 6.92 Å². The van der Waals surface area contributed by atoms with Gasteiger partial charge in [0.25, 0.3) is 0 Å². The minimum Gasteiger partial charge on any atom is -0.490 e. The molecule has 0 bridgehead atoms. The maximum Gasteiger partial charge on any atom is 0.168 e. The number of hydrogen-bond donors (Lipinski definition) is 1. The van der Waals surface area contributed by atoms with Gasteiger partial charge in [0.1, 0.15) is 5.82 Å². The molecule has 1 N–H and O–H groups in total. The molecule has 0 aromatic heterocycles. The molecule has 0 aliphatic heterocycles. The zero-order valence-corrected chi connectivity index (χ0v) is 9.63. The van der Waals surface area contributed by atoms with E-state index >= 15 is 0 Å². The van der Waals surface area contributed by atoms with Gasteiger partial charge in [0.2, 0.25) is 0 Å². The van der Waals surface area contributed by atoms with Crippen molar-refractivity contribution < 1.29 is 18.6 Å².